The van der Waals surface area contributed by atoms with Gasteiger partial charge in [-0.2, -0.15) is 0 Å². The number of halogens is 1. The minimum Gasteiger partial charge on any atom is -0.501 e. The molecule has 2 aromatic rings. The van der Waals surface area contributed by atoms with Gasteiger partial charge in [0.25, 0.3) is 11.5 Å². The van der Waals surface area contributed by atoms with Crippen molar-refractivity contribution in [3.63, 3.8) is 0 Å². The number of rotatable bonds is 6. The number of aromatic hydroxyl groups is 1. The topological polar surface area (TPSA) is 120 Å². The molecule has 0 spiro atoms. The van der Waals surface area contributed by atoms with E-state index in [-0.39, 0.29) is 32.1 Å². The van der Waals surface area contributed by atoms with Gasteiger partial charge in [-0.15, -0.1) is 0 Å². The van der Waals surface area contributed by atoms with Crippen LogP contribution in [0.4, 0.5) is 4.39 Å². The Labute approximate surface area is 209 Å². The lowest BCUT2D eigenvalue weighted by atomic mass is 10.2. The zero-order chi connectivity index (χ0) is 26.0. The molecule has 0 saturated carbocycles. The summed E-state index contributed by atoms with van der Waals surface area (Å²) in [5, 5.41) is 13.1. The number of piperazine rings is 1. The zero-order valence-corrected chi connectivity index (χ0v) is 21.2. The molecule has 1 aromatic carbocycles. The third kappa shape index (κ3) is 5.30. The van der Waals surface area contributed by atoms with Crippen molar-refractivity contribution >= 4 is 21.7 Å². The number of carbonyl (C=O) groups excluding carboxylic acids is 1. The van der Waals surface area contributed by atoms with Crippen molar-refractivity contribution in [1.82, 2.24) is 28.4 Å². The molecule has 13 heteroatoms. The summed E-state index contributed by atoms with van der Waals surface area (Å²) in [6.45, 7) is 3.01. The average Bonchev–Trinajstić information content (AvgIpc) is 3.08. The molecule has 2 aliphatic heterocycles. The van der Waals surface area contributed by atoms with E-state index in [2.05, 4.69) is 21.1 Å². The molecular formula is C23H31FN6O5S. The van der Waals surface area contributed by atoms with Crippen molar-refractivity contribution in [2.24, 2.45) is 0 Å². The second-order valence-electron chi connectivity index (χ2n) is 8.91. The van der Waals surface area contributed by atoms with E-state index < -0.39 is 44.7 Å². The van der Waals surface area contributed by atoms with E-state index in [0.717, 1.165) is 13.1 Å². The first-order valence-electron chi connectivity index (χ1n) is 11.6. The van der Waals surface area contributed by atoms with Crippen LogP contribution in [-0.4, -0.2) is 97.6 Å². The number of aromatic nitrogens is 2. The number of likely N-dealkylation sites (N-methyl/N-ethyl adjacent to an activating group) is 2. The van der Waals surface area contributed by atoms with Crippen LogP contribution in [-0.2, 0) is 27.7 Å². The molecule has 1 aromatic heterocycles. The van der Waals surface area contributed by atoms with E-state index in [0.29, 0.717) is 18.7 Å². The maximum atomic E-state index is 13.8. The first-order valence-corrected chi connectivity index (χ1v) is 13.2. The van der Waals surface area contributed by atoms with E-state index in [1.165, 1.54) is 28.8 Å². The molecule has 36 heavy (non-hydrogen) atoms. The van der Waals surface area contributed by atoms with Crippen LogP contribution < -0.4 is 10.9 Å². The number of fused-ring (bicyclic) bond motifs is 1. The maximum absolute atomic E-state index is 13.8. The second kappa shape index (κ2) is 10.6. The molecular weight excluding hydrogens is 491 g/mol. The Bertz CT molecular complexity index is 1280. The molecule has 2 atom stereocenters. The second-order valence-corrected chi connectivity index (χ2v) is 11.2. The number of carbonyl (C=O) groups is 1. The molecule has 2 N–H and O–H groups in total. The third-order valence-corrected chi connectivity index (χ3v) is 8.87. The lowest BCUT2D eigenvalue weighted by molar-refractivity contribution is 0.0938. The van der Waals surface area contributed by atoms with E-state index in [1.54, 1.807) is 15.7 Å². The van der Waals surface area contributed by atoms with Gasteiger partial charge in [-0.3, -0.25) is 14.2 Å². The SMILES string of the molecule is C=S(=O)(N1CCN(C)CC1)N(C)C1COCCn2c1nc(C(=O)NCc1ccc(F)cc1)c(O)c2=O. The summed E-state index contributed by atoms with van der Waals surface area (Å²) in [4.78, 5) is 32.4. The van der Waals surface area contributed by atoms with Gasteiger partial charge in [-0.1, -0.05) is 12.1 Å². The fourth-order valence-electron chi connectivity index (χ4n) is 4.21. The first-order chi connectivity index (χ1) is 17.1. The number of nitrogens with zero attached hydrogens (tertiary/aromatic N) is 5. The summed E-state index contributed by atoms with van der Waals surface area (Å²) in [5.74, 6) is 2.21. The van der Waals surface area contributed by atoms with Gasteiger partial charge in [0.2, 0.25) is 5.75 Å². The zero-order valence-electron chi connectivity index (χ0n) is 20.4. The van der Waals surface area contributed by atoms with E-state index in [1.807, 2.05) is 7.05 Å². The van der Waals surface area contributed by atoms with Crippen LogP contribution in [0.3, 0.4) is 0 Å². The largest absolute Gasteiger partial charge is 0.501 e. The van der Waals surface area contributed by atoms with Crippen LogP contribution in [0.1, 0.15) is 27.9 Å². The van der Waals surface area contributed by atoms with Crippen LogP contribution in [0, 0.1) is 5.82 Å². The van der Waals surface area contributed by atoms with Crippen molar-refractivity contribution in [3.8, 4) is 5.75 Å². The Morgan fingerprint density at radius 1 is 1.28 bits per heavy atom. The molecule has 11 nitrogen and oxygen atoms in total. The highest BCUT2D eigenvalue weighted by Crippen LogP contribution is 2.26. The Morgan fingerprint density at radius 3 is 2.61 bits per heavy atom. The minimum atomic E-state index is -2.94. The van der Waals surface area contributed by atoms with Gasteiger partial charge in [-0.25, -0.2) is 22.2 Å². The van der Waals surface area contributed by atoms with E-state index >= 15 is 0 Å². The summed E-state index contributed by atoms with van der Waals surface area (Å²) in [6.07, 6.45) is 0. The van der Waals surface area contributed by atoms with Gasteiger partial charge >= 0.3 is 0 Å². The first kappa shape index (κ1) is 26.2. The van der Waals surface area contributed by atoms with Crippen LogP contribution in [0.5, 0.6) is 5.75 Å². The Kier molecular flexibility index (Phi) is 7.76. The van der Waals surface area contributed by atoms with E-state index in [4.69, 9.17) is 4.74 Å². The molecule has 1 amide bonds. The van der Waals surface area contributed by atoms with Gasteiger partial charge < -0.3 is 20.1 Å². The molecule has 0 radical (unpaired) electrons. The molecule has 3 heterocycles. The van der Waals surface area contributed by atoms with Crippen molar-refractivity contribution in [2.75, 3.05) is 53.5 Å². The standard InChI is InChI=1S/C23H31FN6O5S/c1-27-8-10-29(11-9-27)36(3,34)28(2)18-15-35-13-12-30-21(18)26-19(20(31)23(30)33)22(32)25-14-16-4-6-17(24)7-5-16/h4-7,18,31H,3,8-15H2,1-2H3,(H,25,32). The molecule has 4 rings (SSSR count). The van der Waals surface area contributed by atoms with Gasteiger partial charge in [0.1, 0.15) is 17.7 Å². The number of ether oxygens (including phenoxy) is 1. The van der Waals surface area contributed by atoms with Crippen LogP contribution in [0.2, 0.25) is 0 Å². The molecule has 196 valence electrons. The highest BCUT2D eigenvalue weighted by molar-refractivity contribution is 7.95. The van der Waals surface area contributed by atoms with Crippen LogP contribution in [0.15, 0.2) is 29.1 Å². The summed E-state index contributed by atoms with van der Waals surface area (Å²) < 4.78 is 37.2. The fourth-order valence-corrected chi connectivity index (χ4v) is 5.86. The van der Waals surface area contributed by atoms with Gasteiger partial charge in [-0.05, 0) is 30.6 Å². The highest BCUT2D eigenvalue weighted by Gasteiger charge is 2.35. The molecule has 0 aliphatic carbocycles. The Morgan fingerprint density at radius 2 is 1.94 bits per heavy atom. The normalized spacial score (nSPS) is 20.9. The lowest BCUT2D eigenvalue weighted by Gasteiger charge is -2.39. The third-order valence-electron chi connectivity index (χ3n) is 6.54. The minimum absolute atomic E-state index is 0.0429. The van der Waals surface area contributed by atoms with E-state index in [9.17, 15) is 23.3 Å². The van der Waals surface area contributed by atoms with Crippen molar-refractivity contribution in [2.45, 2.75) is 19.1 Å². The molecule has 1 saturated heterocycles. The highest BCUT2D eigenvalue weighted by atomic mass is 32.2. The number of hydrogen-bond donors (Lipinski definition) is 2. The Hall–Kier alpha value is -2.84. The van der Waals surface area contributed by atoms with Crippen molar-refractivity contribution < 1.29 is 23.2 Å². The number of nitrogens with one attached hydrogen (secondary N) is 1. The molecule has 2 aliphatic rings. The van der Waals surface area contributed by atoms with Gasteiger partial charge in [0, 0.05) is 39.8 Å². The molecule has 0 bridgehead atoms. The predicted molar refractivity (Wildman–Crippen MR) is 133 cm³/mol. The quantitative estimate of drug-likeness (QED) is 0.505. The number of hydrogen-bond acceptors (Lipinski definition) is 7. The predicted octanol–water partition coefficient (Wildman–Crippen LogP) is -0.185. The van der Waals surface area contributed by atoms with Crippen LogP contribution >= 0.6 is 0 Å². The number of amides is 1. The average molecular weight is 523 g/mol. The maximum Gasteiger partial charge on any atom is 0.296 e. The fraction of sp³-hybridized carbons (Fsp3) is 0.478. The molecule has 1 fully saturated rings. The summed E-state index contributed by atoms with van der Waals surface area (Å²) in [6, 6.07) is 4.81. The summed E-state index contributed by atoms with van der Waals surface area (Å²) in [7, 11) is 0.684. The Balaban J connectivity index is 1.64. The van der Waals surface area contributed by atoms with Gasteiger partial charge in [0.15, 0.2) is 5.69 Å². The summed E-state index contributed by atoms with van der Waals surface area (Å²) in [5.41, 5.74) is -0.597. The number of benzene rings is 1. The lowest BCUT2D eigenvalue weighted by Crippen LogP contribution is -2.52. The summed E-state index contributed by atoms with van der Waals surface area (Å²) >= 11 is 0. The monoisotopic (exact) mass is 522 g/mol. The molecule has 2 unspecified atom stereocenters. The van der Waals surface area contributed by atoms with Crippen molar-refractivity contribution in [3.05, 3.63) is 57.5 Å². The van der Waals surface area contributed by atoms with Crippen LogP contribution in [0.25, 0.3) is 0 Å². The smallest absolute Gasteiger partial charge is 0.296 e. The van der Waals surface area contributed by atoms with Crippen molar-refractivity contribution in [1.29, 1.82) is 0 Å². The van der Waals surface area contributed by atoms with Gasteiger partial charge in [0.05, 0.1) is 29.7 Å².